The number of carbonyl (C=O) groups excluding carboxylic acids is 1. The summed E-state index contributed by atoms with van der Waals surface area (Å²) in [6.45, 7) is 10.5. The van der Waals surface area contributed by atoms with Crippen molar-refractivity contribution < 1.29 is 20.1 Å². The van der Waals surface area contributed by atoms with Crippen molar-refractivity contribution in [2.45, 2.75) is 96.4 Å². The molecular weight excluding hydrogens is 414 g/mol. The van der Waals surface area contributed by atoms with Gasteiger partial charge in [0.25, 0.3) is 5.91 Å². The molecule has 4 rings (SSSR count). The summed E-state index contributed by atoms with van der Waals surface area (Å²) < 4.78 is 0. The van der Waals surface area contributed by atoms with E-state index in [4.69, 9.17) is 0 Å². The molecule has 1 aliphatic heterocycles. The number of likely N-dealkylation sites (tertiary alicyclic amines) is 1. The average Bonchev–Trinajstić information content (AvgIpc) is 3.19. The molecule has 1 heterocycles. The van der Waals surface area contributed by atoms with E-state index < -0.39 is 17.8 Å². The summed E-state index contributed by atoms with van der Waals surface area (Å²) in [6.07, 6.45) is 11.4. The third kappa shape index (κ3) is 4.49. The number of fused-ring (bicyclic) bond motifs is 1. The van der Waals surface area contributed by atoms with Crippen LogP contribution in [-0.4, -0.2) is 51.0 Å². The molecule has 5 heteroatoms. The van der Waals surface area contributed by atoms with Gasteiger partial charge in [-0.3, -0.25) is 4.79 Å². The van der Waals surface area contributed by atoms with E-state index in [0.29, 0.717) is 37.0 Å². The Hall–Kier alpha value is -1.43. The fourth-order valence-corrected chi connectivity index (χ4v) is 7.50. The standard InChI is InChI=1S/C28H42NO4/c1-17(13-21-16-28(4,33)26(32)29(21)5)23-10-11-24-19(7-6-12-27(23,24)3)8-9-20-14-22(30)15-25(31)18(20)2/h8-9,17,22-25,30-31,33H,2,6-7,10-16H2,1,3-5H3/b19-8+,20-9-/t17-,22-,23-,24+,25+,27-,28?/m1/s1. The van der Waals surface area contributed by atoms with Gasteiger partial charge in [-0.1, -0.05) is 38.2 Å². The van der Waals surface area contributed by atoms with Gasteiger partial charge in [0.15, 0.2) is 0 Å². The van der Waals surface area contributed by atoms with Crippen molar-refractivity contribution in [2.75, 3.05) is 7.05 Å². The molecule has 0 aromatic carbocycles. The second-order valence-corrected chi connectivity index (χ2v) is 11.7. The van der Waals surface area contributed by atoms with E-state index in [0.717, 1.165) is 30.0 Å². The van der Waals surface area contributed by atoms with Gasteiger partial charge in [-0.25, -0.2) is 0 Å². The van der Waals surface area contributed by atoms with Gasteiger partial charge < -0.3 is 20.2 Å². The molecule has 4 fully saturated rings. The lowest BCUT2D eigenvalue weighted by Gasteiger charge is -2.45. The number of rotatable bonds is 4. The molecule has 0 spiro atoms. The number of likely N-dealkylation sites (N-methyl/N-ethyl adjacent to an activating group) is 1. The molecule has 0 aromatic rings. The lowest BCUT2D eigenvalue weighted by Crippen LogP contribution is -2.37. The van der Waals surface area contributed by atoms with Gasteiger partial charge in [0.1, 0.15) is 5.60 Å². The molecule has 4 aliphatic rings. The highest BCUT2D eigenvalue weighted by Crippen LogP contribution is 2.60. The number of nitrogens with zero attached hydrogens (tertiary/aromatic N) is 1. The normalized spacial score (nSPS) is 43.5. The van der Waals surface area contributed by atoms with Crippen LogP contribution < -0.4 is 0 Å². The number of hydrogen-bond acceptors (Lipinski definition) is 4. The van der Waals surface area contributed by atoms with Crippen molar-refractivity contribution in [3.05, 3.63) is 41.5 Å². The van der Waals surface area contributed by atoms with Crippen LogP contribution in [0.5, 0.6) is 0 Å². The van der Waals surface area contributed by atoms with Crippen LogP contribution >= 0.6 is 0 Å². The maximum atomic E-state index is 12.3. The Morgan fingerprint density at radius 3 is 2.64 bits per heavy atom. The molecule has 1 radical (unpaired) electrons. The van der Waals surface area contributed by atoms with E-state index in [-0.39, 0.29) is 11.3 Å². The second kappa shape index (κ2) is 8.98. The molecule has 0 aromatic heterocycles. The highest BCUT2D eigenvalue weighted by molar-refractivity contribution is 5.88. The van der Waals surface area contributed by atoms with Gasteiger partial charge in [-0.2, -0.15) is 0 Å². The Labute approximate surface area is 199 Å². The van der Waals surface area contributed by atoms with Gasteiger partial charge in [0, 0.05) is 19.9 Å². The molecule has 3 saturated carbocycles. The van der Waals surface area contributed by atoms with Crippen molar-refractivity contribution in [3.8, 4) is 0 Å². The minimum Gasteiger partial charge on any atom is -0.393 e. The summed E-state index contributed by atoms with van der Waals surface area (Å²) in [6, 6.07) is 1.06. The molecule has 3 aliphatic carbocycles. The summed E-state index contributed by atoms with van der Waals surface area (Å²) in [7, 11) is 1.80. The van der Waals surface area contributed by atoms with Crippen molar-refractivity contribution in [3.63, 3.8) is 0 Å². The Morgan fingerprint density at radius 1 is 1.24 bits per heavy atom. The first-order valence-corrected chi connectivity index (χ1v) is 12.7. The third-order valence-electron chi connectivity index (χ3n) is 9.33. The first kappa shape index (κ1) is 24.7. The number of allylic oxidation sites excluding steroid dienone is 3. The van der Waals surface area contributed by atoms with Crippen LogP contribution in [0.4, 0.5) is 0 Å². The minimum absolute atomic E-state index is 0.185. The summed E-state index contributed by atoms with van der Waals surface area (Å²) in [4.78, 5) is 14.0. The molecule has 0 bridgehead atoms. The molecule has 33 heavy (non-hydrogen) atoms. The van der Waals surface area contributed by atoms with Crippen LogP contribution in [0.25, 0.3) is 0 Å². The molecule has 7 atom stereocenters. The summed E-state index contributed by atoms with van der Waals surface area (Å²) in [5.41, 5.74) is 2.20. The highest BCUT2D eigenvalue weighted by Gasteiger charge is 2.52. The fourth-order valence-electron chi connectivity index (χ4n) is 7.50. The lowest BCUT2D eigenvalue weighted by molar-refractivity contribution is -0.140. The Morgan fingerprint density at radius 2 is 1.97 bits per heavy atom. The Bertz CT molecular complexity index is 858. The van der Waals surface area contributed by atoms with Crippen molar-refractivity contribution in [1.29, 1.82) is 0 Å². The predicted molar refractivity (Wildman–Crippen MR) is 130 cm³/mol. The summed E-state index contributed by atoms with van der Waals surface area (Å²) in [5.74, 6) is 1.42. The Balaban J connectivity index is 1.48. The maximum Gasteiger partial charge on any atom is 0.254 e. The third-order valence-corrected chi connectivity index (χ3v) is 9.33. The monoisotopic (exact) mass is 456 g/mol. The van der Waals surface area contributed by atoms with Crippen LogP contribution in [-0.2, 0) is 4.79 Å². The van der Waals surface area contributed by atoms with Crippen LogP contribution in [0.1, 0.15) is 78.6 Å². The molecule has 1 unspecified atom stereocenters. The number of aliphatic hydroxyl groups excluding tert-OH is 2. The molecule has 1 saturated heterocycles. The van der Waals surface area contributed by atoms with Gasteiger partial charge in [-0.15, -0.1) is 0 Å². The van der Waals surface area contributed by atoms with Gasteiger partial charge >= 0.3 is 0 Å². The molecule has 1 amide bonds. The Kier molecular flexibility index (Phi) is 6.71. The zero-order valence-corrected chi connectivity index (χ0v) is 20.8. The highest BCUT2D eigenvalue weighted by atomic mass is 16.3. The molecule has 183 valence electrons. The van der Waals surface area contributed by atoms with Crippen molar-refractivity contribution in [2.24, 2.45) is 23.2 Å². The molecule has 5 nitrogen and oxygen atoms in total. The fraction of sp³-hybridized carbons (Fsp3) is 0.714. The van der Waals surface area contributed by atoms with Crippen molar-refractivity contribution >= 4 is 5.91 Å². The second-order valence-electron chi connectivity index (χ2n) is 11.7. The van der Waals surface area contributed by atoms with Gasteiger partial charge in [0.05, 0.1) is 18.2 Å². The first-order valence-electron chi connectivity index (χ1n) is 12.7. The smallest absolute Gasteiger partial charge is 0.254 e. The first-order chi connectivity index (χ1) is 15.4. The zero-order chi connectivity index (χ0) is 24.1. The van der Waals surface area contributed by atoms with Crippen LogP contribution in [0.2, 0.25) is 0 Å². The van der Waals surface area contributed by atoms with Crippen molar-refractivity contribution in [1.82, 2.24) is 4.90 Å². The van der Waals surface area contributed by atoms with E-state index in [2.05, 4.69) is 32.6 Å². The van der Waals surface area contributed by atoms with E-state index >= 15 is 0 Å². The average molecular weight is 457 g/mol. The largest absolute Gasteiger partial charge is 0.393 e. The van der Waals surface area contributed by atoms with E-state index in [9.17, 15) is 20.1 Å². The SMILES string of the molecule is C=C1/C(=C\C=C2/CCC[C@]3(C)[C@@H]([C@H](C)C[C]4CC(C)(O)C(=O)N4C)CC[C@@H]23)C[C@@H](O)C[C@@H]1O. The number of amides is 1. The minimum atomic E-state index is -1.26. The topological polar surface area (TPSA) is 81.0 Å². The molecular formula is C28H42NO4. The van der Waals surface area contributed by atoms with Crippen LogP contribution in [0, 0.1) is 29.2 Å². The quantitative estimate of drug-likeness (QED) is 0.589. The van der Waals surface area contributed by atoms with Crippen LogP contribution in [0.15, 0.2) is 35.5 Å². The summed E-state index contributed by atoms with van der Waals surface area (Å²) in [5, 5.41) is 30.6. The summed E-state index contributed by atoms with van der Waals surface area (Å²) >= 11 is 0. The maximum absolute atomic E-state index is 12.3. The zero-order valence-electron chi connectivity index (χ0n) is 20.8. The van der Waals surface area contributed by atoms with Gasteiger partial charge in [0.2, 0.25) is 0 Å². The van der Waals surface area contributed by atoms with Gasteiger partial charge in [-0.05, 0) is 86.2 Å². The van der Waals surface area contributed by atoms with E-state index in [1.54, 1.807) is 18.9 Å². The van der Waals surface area contributed by atoms with E-state index in [1.165, 1.54) is 31.3 Å². The predicted octanol–water partition coefficient (Wildman–Crippen LogP) is 4.30. The number of carbonyl (C=O) groups is 1. The lowest BCUT2D eigenvalue weighted by atomic mass is 9.60. The number of aliphatic hydroxyl groups is 3. The number of hydrogen-bond donors (Lipinski definition) is 3. The van der Waals surface area contributed by atoms with E-state index in [1.807, 2.05) is 0 Å². The van der Waals surface area contributed by atoms with Crippen LogP contribution in [0.3, 0.4) is 0 Å². The molecule has 3 N–H and O–H groups in total.